The molecule has 0 radical (unpaired) electrons. The Hall–Kier alpha value is -1.55. The number of piperidine rings is 1. The lowest BCUT2D eigenvalue weighted by molar-refractivity contribution is -0.117. The molecule has 1 fully saturated rings. The van der Waals surface area contributed by atoms with Crippen LogP contribution in [0, 0.1) is 0 Å². The third kappa shape index (κ3) is 4.74. The van der Waals surface area contributed by atoms with E-state index in [-0.39, 0.29) is 5.78 Å². The van der Waals surface area contributed by atoms with E-state index in [1.807, 2.05) is 13.0 Å². The smallest absolute Gasteiger partial charge is 0.161 e. The van der Waals surface area contributed by atoms with Crippen molar-refractivity contribution in [1.82, 2.24) is 5.32 Å². The average molecular weight is 291 g/mol. The third-order valence-corrected chi connectivity index (χ3v) is 3.75. The Bertz CT molecular complexity index is 467. The molecular weight excluding hydrogens is 266 g/mol. The van der Waals surface area contributed by atoms with Gasteiger partial charge in [0.2, 0.25) is 0 Å². The maximum absolute atomic E-state index is 11.0. The molecule has 0 aliphatic carbocycles. The van der Waals surface area contributed by atoms with Crippen LogP contribution in [0.25, 0.3) is 0 Å². The van der Waals surface area contributed by atoms with E-state index in [1.165, 1.54) is 18.4 Å². The first-order valence-corrected chi connectivity index (χ1v) is 7.80. The first kappa shape index (κ1) is 15.8. The Balaban J connectivity index is 2.07. The van der Waals surface area contributed by atoms with Crippen LogP contribution in [0.2, 0.25) is 0 Å². The van der Waals surface area contributed by atoms with Crippen molar-refractivity contribution in [3.63, 3.8) is 0 Å². The Morgan fingerprint density at radius 1 is 1.33 bits per heavy atom. The highest BCUT2D eigenvalue weighted by atomic mass is 16.5. The molecule has 2 rings (SSSR count). The monoisotopic (exact) mass is 291 g/mol. The van der Waals surface area contributed by atoms with Crippen molar-refractivity contribution in [2.45, 2.75) is 39.0 Å². The lowest BCUT2D eigenvalue weighted by Crippen LogP contribution is -2.28. The summed E-state index contributed by atoms with van der Waals surface area (Å²) in [5.41, 5.74) is 1.30. The number of nitrogens with one attached hydrogen (secondary N) is 1. The molecule has 0 aromatic heterocycles. The quantitative estimate of drug-likeness (QED) is 0.839. The highest BCUT2D eigenvalue weighted by molar-refractivity contribution is 5.75. The van der Waals surface area contributed by atoms with Crippen LogP contribution in [-0.4, -0.2) is 32.1 Å². The van der Waals surface area contributed by atoms with Gasteiger partial charge in [0.05, 0.1) is 13.2 Å². The Labute approximate surface area is 126 Å². The molecule has 0 bridgehead atoms. The number of carbonyl (C=O) groups is 1. The molecule has 1 saturated heterocycles. The second-order valence-corrected chi connectivity index (χ2v) is 5.48. The van der Waals surface area contributed by atoms with Crippen molar-refractivity contribution in [3.05, 3.63) is 23.8 Å². The summed E-state index contributed by atoms with van der Waals surface area (Å²) in [5.74, 6) is 2.19. The van der Waals surface area contributed by atoms with Crippen molar-refractivity contribution < 1.29 is 14.3 Å². The normalized spacial score (nSPS) is 18.3. The Kier molecular flexibility index (Phi) is 6.05. The number of ether oxygens (including phenoxy) is 2. The van der Waals surface area contributed by atoms with Crippen molar-refractivity contribution in [3.8, 4) is 11.5 Å². The van der Waals surface area contributed by atoms with E-state index in [9.17, 15) is 4.79 Å². The molecule has 1 aliphatic rings. The molecule has 1 atom stereocenters. The third-order valence-electron chi connectivity index (χ3n) is 3.75. The number of Topliss-reactive ketones (excluding diaryl/α,β-unsaturated/α-hetero) is 1. The van der Waals surface area contributed by atoms with Gasteiger partial charge in [-0.2, -0.15) is 0 Å². The molecule has 116 valence electrons. The average Bonchev–Trinajstić information content (AvgIpc) is 2.49. The first-order chi connectivity index (χ1) is 10.2. The molecule has 1 N–H and O–H groups in total. The van der Waals surface area contributed by atoms with Crippen molar-refractivity contribution in [2.24, 2.45) is 0 Å². The van der Waals surface area contributed by atoms with Crippen LogP contribution in [0.4, 0.5) is 0 Å². The van der Waals surface area contributed by atoms with E-state index < -0.39 is 0 Å². The van der Waals surface area contributed by atoms with Gasteiger partial charge in [-0.3, -0.25) is 4.79 Å². The number of carbonyl (C=O) groups excluding carboxylic acids is 1. The summed E-state index contributed by atoms with van der Waals surface area (Å²) in [6.07, 6.45) is 2.86. The number of hydrogen-bond donors (Lipinski definition) is 1. The molecule has 0 amide bonds. The molecule has 4 nitrogen and oxygen atoms in total. The first-order valence-electron chi connectivity index (χ1n) is 7.80. The van der Waals surface area contributed by atoms with Crippen LogP contribution < -0.4 is 14.8 Å². The number of hydrogen-bond acceptors (Lipinski definition) is 4. The van der Waals surface area contributed by atoms with Gasteiger partial charge >= 0.3 is 0 Å². The predicted molar refractivity (Wildman–Crippen MR) is 83.2 cm³/mol. The standard InChI is InChI=1S/C17H25NO3/c1-3-20-17-11-14(15-5-4-9-18-12-15)6-7-16(17)21-10-8-13(2)19/h6-7,11,15,18H,3-5,8-10,12H2,1-2H3. The maximum Gasteiger partial charge on any atom is 0.161 e. The minimum Gasteiger partial charge on any atom is -0.490 e. The topological polar surface area (TPSA) is 47.6 Å². The summed E-state index contributed by atoms with van der Waals surface area (Å²) in [7, 11) is 0. The Morgan fingerprint density at radius 3 is 2.86 bits per heavy atom. The van der Waals surface area contributed by atoms with Crippen LogP contribution in [0.3, 0.4) is 0 Å². The SMILES string of the molecule is CCOc1cc(C2CCCNC2)ccc1OCCC(C)=O. The van der Waals surface area contributed by atoms with Crippen LogP contribution in [-0.2, 0) is 4.79 Å². The second-order valence-electron chi connectivity index (χ2n) is 5.48. The van der Waals surface area contributed by atoms with Gasteiger partial charge in [-0.1, -0.05) is 6.07 Å². The van der Waals surface area contributed by atoms with E-state index in [4.69, 9.17) is 9.47 Å². The molecular formula is C17H25NO3. The molecule has 1 aromatic rings. The molecule has 0 saturated carbocycles. The van der Waals surface area contributed by atoms with Crippen molar-refractivity contribution in [1.29, 1.82) is 0 Å². The van der Waals surface area contributed by atoms with Gasteiger partial charge in [0, 0.05) is 13.0 Å². The van der Waals surface area contributed by atoms with E-state index in [0.717, 1.165) is 24.6 Å². The van der Waals surface area contributed by atoms with E-state index >= 15 is 0 Å². The fourth-order valence-electron chi connectivity index (χ4n) is 2.61. The van der Waals surface area contributed by atoms with E-state index in [1.54, 1.807) is 6.92 Å². The maximum atomic E-state index is 11.0. The van der Waals surface area contributed by atoms with E-state index in [0.29, 0.717) is 25.6 Å². The molecule has 21 heavy (non-hydrogen) atoms. The van der Waals surface area contributed by atoms with Crippen molar-refractivity contribution in [2.75, 3.05) is 26.3 Å². The zero-order chi connectivity index (χ0) is 15.1. The summed E-state index contributed by atoms with van der Waals surface area (Å²) in [5, 5.41) is 3.44. The van der Waals surface area contributed by atoms with Crippen LogP contribution >= 0.6 is 0 Å². The molecule has 1 aromatic carbocycles. The summed E-state index contributed by atoms with van der Waals surface area (Å²) in [4.78, 5) is 11.0. The summed E-state index contributed by atoms with van der Waals surface area (Å²) >= 11 is 0. The van der Waals surface area contributed by atoms with Crippen molar-refractivity contribution >= 4 is 5.78 Å². The summed E-state index contributed by atoms with van der Waals surface area (Å²) < 4.78 is 11.4. The molecule has 1 unspecified atom stereocenters. The van der Waals surface area contributed by atoms with Gasteiger partial charge in [-0.25, -0.2) is 0 Å². The van der Waals surface area contributed by atoms with Crippen LogP contribution in [0.1, 0.15) is 44.6 Å². The van der Waals surface area contributed by atoms with E-state index in [2.05, 4.69) is 17.4 Å². The highest BCUT2D eigenvalue weighted by Gasteiger charge is 2.17. The summed E-state index contributed by atoms with van der Waals surface area (Å²) in [6.45, 7) is 6.69. The number of ketones is 1. The highest BCUT2D eigenvalue weighted by Crippen LogP contribution is 2.33. The Morgan fingerprint density at radius 2 is 2.19 bits per heavy atom. The molecule has 1 aliphatic heterocycles. The fraction of sp³-hybridized carbons (Fsp3) is 0.588. The lowest BCUT2D eigenvalue weighted by Gasteiger charge is -2.24. The van der Waals surface area contributed by atoms with Gasteiger partial charge in [0.25, 0.3) is 0 Å². The minimum atomic E-state index is 0.137. The largest absolute Gasteiger partial charge is 0.490 e. The van der Waals surface area contributed by atoms with Gasteiger partial charge in [0.15, 0.2) is 11.5 Å². The number of rotatable bonds is 7. The second kappa shape index (κ2) is 8.03. The molecule has 0 spiro atoms. The zero-order valence-corrected chi connectivity index (χ0v) is 13.0. The lowest BCUT2D eigenvalue weighted by atomic mass is 9.91. The molecule has 1 heterocycles. The van der Waals surface area contributed by atoms with Gasteiger partial charge in [-0.05, 0) is 56.8 Å². The van der Waals surface area contributed by atoms with Crippen LogP contribution in [0.5, 0.6) is 11.5 Å². The van der Waals surface area contributed by atoms with Gasteiger partial charge in [0.1, 0.15) is 5.78 Å². The molecule has 4 heteroatoms. The predicted octanol–water partition coefficient (Wildman–Crippen LogP) is 2.91. The van der Waals surface area contributed by atoms with Crippen LogP contribution in [0.15, 0.2) is 18.2 Å². The number of benzene rings is 1. The van der Waals surface area contributed by atoms with Gasteiger partial charge in [-0.15, -0.1) is 0 Å². The summed E-state index contributed by atoms with van der Waals surface area (Å²) in [6, 6.07) is 6.17. The van der Waals surface area contributed by atoms with Gasteiger partial charge < -0.3 is 14.8 Å². The fourth-order valence-corrected chi connectivity index (χ4v) is 2.61. The minimum absolute atomic E-state index is 0.137. The zero-order valence-electron chi connectivity index (χ0n) is 13.0.